The summed E-state index contributed by atoms with van der Waals surface area (Å²) in [5.41, 5.74) is 1.27. The van der Waals surface area contributed by atoms with E-state index in [1.54, 1.807) is 0 Å². The molecule has 1 N–H and O–H groups in total. The molecule has 0 aliphatic heterocycles. The first kappa shape index (κ1) is 11.6. The van der Waals surface area contributed by atoms with Crippen molar-refractivity contribution in [2.45, 2.75) is 13.0 Å². The third-order valence-corrected chi connectivity index (χ3v) is 3.56. The summed E-state index contributed by atoms with van der Waals surface area (Å²) in [5, 5.41) is 6.34. The van der Waals surface area contributed by atoms with Gasteiger partial charge in [-0.25, -0.2) is 0 Å². The summed E-state index contributed by atoms with van der Waals surface area (Å²) in [6, 6.07) is 12.2. The van der Waals surface area contributed by atoms with Crippen LogP contribution in [0.3, 0.4) is 0 Å². The number of nitrogens with one attached hydrogen (secondary N) is 1. The molecule has 16 heavy (non-hydrogen) atoms. The quantitative estimate of drug-likeness (QED) is 0.799. The van der Waals surface area contributed by atoms with Crippen molar-refractivity contribution in [3.05, 3.63) is 57.2 Å². The average molecular weight is 252 g/mol. The van der Waals surface area contributed by atoms with Crippen LogP contribution in [0.25, 0.3) is 0 Å². The lowest BCUT2D eigenvalue weighted by atomic mass is 10.2. The molecular formula is C13H14ClNS. The Balaban J connectivity index is 1.70. The minimum atomic E-state index is 0.794. The van der Waals surface area contributed by atoms with Crippen molar-refractivity contribution in [2.24, 2.45) is 0 Å². The van der Waals surface area contributed by atoms with Gasteiger partial charge in [0, 0.05) is 23.0 Å². The lowest BCUT2D eigenvalue weighted by molar-refractivity contribution is 0.691. The van der Waals surface area contributed by atoms with Gasteiger partial charge in [-0.3, -0.25) is 0 Å². The Morgan fingerprint density at radius 3 is 2.62 bits per heavy atom. The smallest absolute Gasteiger partial charge is 0.0406 e. The Labute approximate surface area is 105 Å². The standard InChI is InChI=1S/C13H14ClNS/c14-12-5-3-11(4-6-12)10-15-8-7-13-2-1-9-16-13/h1-6,9,15H,7-8,10H2. The predicted molar refractivity (Wildman–Crippen MR) is 71.2 cm³/mol. The highest BCUT2D eigenvalue weighted by molar-refractivity contribution is 7.09. The monoisotopic (exact) mass is 251 g/mol. The van der Waals surface area contributed by atoms with Crippen LogP contribution in [0.5, 0.6) is 0 Å². The molecule has 0 spiro atoms. The summed E-state index contributed by atoms with van der Waals surface area (Å²) in [6.07, 6.45) is 1.10. The van der Waals surface area contributed by atoms with Crippen molar-refractivity contribution in [1.82, 2.24) is 5.32 Å². The molecule has 0 saturated carbocycles. The highest BCUT2D eigenvalue weighted by atomic mass is 35.5. The van der Waals surface area contributed by atoms with E-state index in [0.29, 0.717) is 0 Å². The zero-order valence-corrected chi connectivity index (χ0v) is 10.5. The van der Waals surface area contributed by atoms with Gasteiger partial charge in [-0.2, -0.15) is 0 Å². The van der Waals surface area contributed by atoms with Gasteiger partial charge in [-0.1, -0.05) is 29.8 Å². The van der Waals surface area contributed by atoms with E-state index in [1.165, 1.54) is 10.4 Å². The first-order valence-electron chi connectivity index (χ1n) is 5.32. The fourth-order valence-electron chi connectivity index (χ4n) is 1.50. The molecule has 0 radical (unpaired) electrons. The minimum absolute atomic E-state index is 0.794. The molecule has 1 aromatic heterocycles. The van der Waals surface area contributed by atoms with Crippen LogP contribution in [0.2, 0.25) is 5.02 Å². The highest BCUT2D eigenvalue weighted by Gasteiger charge is 1.95. The maximum absolute atomic E-state index is 5.82. The van der Waals surface area contributed by atoms with Gasteiger partial charge >= 0.3 is 0 Å². The van der Waals surface area contributed by atoms with Gasteiger partial charge in [0.05, 0.1) is 0 Å². The maximum Gasteiger partial charge on any atom is 0.0406 e. The number of hydrogen-bond donors (Lipinski definition) is 1. The van der Waals surface area contributed by atoms with Gasteiger partial charge in [-0.05, 0) is 35.6 Å². The van der Waals surface area contributed by atoms with Gasteiger partial charge in [-0.15, -0.1) is 11.3 Å². The second kappa shape index (κ2) is 6.04. The molecule has 0 aliphatic carbocycles. The molecule has 0 fully saturated rings. The van der Waals surface area contributed by atoms with E-state index >= 15 is 0 Å². The van der Waals surface area contributed by atoms with E-state index in [-0.39, 0.29) is 0 Å². The largest absolute Gasteiger partial charge is 0.312 e. The van der Waals surface area contributed by atoms with Crippen LogP contribution in [-0.2, 0) is 13.0 Å². The molecule has 0 aliphatic rings. The van der Waals surface area contributed by atoms with Crippen molar-refractivity contribution in [2.75, 3.05) is 6.54 Å². The van der Waals surface area contributed by atoms with Crippen LogP contribution >= 0.6 is 22.9 Å². The lowest BCUT2D eigenvalue weighted by Gasteiger charge is -2.03. The molecule has 0 unspecified atom stereocenters. The van der Waals surface area contributed by atoms with Gasteiger partial charge in [0.1, 0.15) is 0 Å². The van der Waals surface area contributed by atoms with Crippen LogP contribution in [0.1, 0.15) is 10.4 Å². The van der Waals surface area contributed by atoms with Crippen molar-refractivity contribution >= 4 is 22.9 Å². The second-order valence-corrected chi connectivity index (χ2v) is 5.10. The van der Waals surface area contributed by atoms with Gasteiger partial charge in [0.15, 0.2) is 0 Å². The number of hydrogen-bond acceptors (Lipinski definition) is 2. The summed E-state index contributed by atoms with van der Waals surface area (Å²) < 4.78 is 0. The van der Waals surface area contributed by atoms with Crippen LogP contribution in [0, 0.1) is 0 Å². The Bertz CT molecular complexity index is 408. The Morgan fingerprint density at radius 1 is 1.12 bits per heavy atom. The normalized spacial score (nSPS) is 10.6. The van der Waals surface area contributed by atoms with Crippen LogP contribution < -0.4 is 5.32 Å². The van der Waals surface area contributed by atoms with Gasteiger partial charge in [0.25, 0.3) is 0 Å². The van der Waals surface area contributed by atoms with Gasteiger partial charge in [0.2, 0.25) is 0 Å². The number of rotatable bonds is 5. The van der Waals surface area contributed by atoms with E-state index in [4.69, 9.17) is 11.6 Å². The summed E-state index contributed by atoms with van der Waals surface area (Å²) in [5.74, 6) is 0. The summed E-state index contributed by atoms with van der Waals surface area (Å²) in [6.45, 7) is 1.92. The number of benzene rings is 1. The van der Waals surface area contributed by atoms with Crippen LogP contribution in [-0.4, -0.2) is 6.54 Å². The maximum atomic E-state index is 5.82. The molecule has 3 heteroatoms. The predicted octanol–water partition coefficient (Wildman–Crippen LogP) is 3.73. The molecule has 1 aromatic carbocycles. The van der Waals surface area contributed by atoms with E-state index < -0.39 is 0 Å². The fraction of sp³-hybridized carbons (Fsp3) is 0.231. The van der Waals surface area contributed by atoms with Crippen molar-refractivity contribution in [3.8, 4) is 0 Å². The van der Waals surface area contributed by atoms with Crippen molar-refractivity contribution < 1.29 is 0 Å². The summed E-state index contributed by atoms with van der Waals surface area (Å²) >= 11 is 7.64. The zero-order chi connectivity index (χ0) is 11.2. The molecule has 0 amide bonds. The first-order valence-corrected chi connectivity index (χ1v) is 6.58. The molecule has 1 nitrogen and oxygen atoms in total. The fourth-order valence-corrected chi connectivity index (χ4v) is 2.34. The van der Waals surface area contributed by atoms with E-state index in [9.17, 15) is 0 Å². The average Bonchev–Trinajstić information content (AvgIpc) is 2.80. The topological polar surface area (TPSA) is 12.0 Å². The zero-order valence-electron chi connectivity index (χ0n) is 8.95. The third kappa shape index (κ3) is 3.63. The molecule has 2 aromatic rings. The Hall–Kier alpha value is -0.830. The lowest BCUT2D eigenvalue weighted by Crippen LogP contribution is -2.16. The van der Waals surface area contributed by atoms with E-state index in [0.717, 1.165) is 24.5 Å². The number of thiophene rings is 1. The molecule has 84 valence electrons. The molecule has 1 heterocycles. The van der Waals surface area contributed by atoms with E-state index in [2.05, 4.69) is 35.0 Å². The summed E-state index contributed by atoms with van der Waals surface area (Å²) in [4.78, 5) is 1.43. The molecular weight excluding hydrogens is 238 g/mol. The van der Waals surface area contributed by atoms with E-state index in [1.807, 2.05) is 23.5 Å². The highest BCUT2D eigenvalue weighted by Crippen LogP contribution is 2.10. The summed E-state index contributed by atoms with van der Waals surface area (Å²) in [7, 11) is 0. The molecule has 0 atom stereocenters. The van der Waals surface area contributed by atoms with Crippen molar-refractivity contribution in [1.29, 1.82) is 0 Å². The van der Waals surface area contributed by atoms with Crippen LogP contribution in [0.15, 0.2) is 41.8 Å². The first-order chi connectivity index (χ1) is 7.84. The minimum Gasteiger partial charge on any atom is -0.312 e. The SMILES string of the molecule is Clc1ccc(CNCCc2cccs2)cc1. The Morgan fingerprint density at radius 2 is 1.94 bits per heavy atom. The third-order valence-electron chi connectivity index (χ3n) is 2.37. The number of halogens is 1. The van der Waals surface area contributed by atoms with Crippen molar-refractivity contribution in [3.63, 3.8) is 0 Å². The second-order valence-electron chi connectivity index (χ2n) is 3.63. The van der Waals surface area contributed by atoms with Crippen LogP contribution in [0.4, 0.5) is 0 Å². The van der Waals surface area contributed by atoms with Gasteiger partial charge < -0.3 is 5.32 Å². The molecule has 0 saturated heterocycles. The molecule has 2 rings (SSSR count). The Kier molecular flexibility index (Phi) is 4.40. The molecule has 0 bridgehead atoms.